The van der Waals surface area contributed by atoms with Crippen LogP contribution in [-0.4, -0.2) is 33.7 Å². The lowest BCUT2D eigenvalue weighted by Crippen LogP contribution is -2.36. The number of hydrogen-bond acceptors (Lipinski definition) is 3. The molecule has 2 N–H and O–H groups in total. The molecule has 2 rings (SSSR count). The van der Waals surface area contributed by atoms with Crippen molar-refractivity contribution in [1.29, 1.82) is 0 Å². The maximum atomic E-state index is 5.27. The van der Waals surface area contributed by atoms with E-state index in [-0.39, 0.29) is 24.0 Å². The number of aliphatic imine (C=N–C) groups is 1. The van der Waals surface area contributed by atoms with Gasteiger partial charge in [-0.05, 0) is 42.3 Å². The Balaban J connectivity index is 0.00000338. The topological polar surface area (TPSA) is 48.9 Å². The Morgan fingerprint density at radius 2 is 1.77 bits per heavy atom. The number of guanidine groups is 1. The van der Waals surface area contributed by atoms with Gasteiger partial charge in [-0.1, -0.05) is 24.3 Å². The zero-order valence-electron chi connectivity index (χ0n) is 16.0. The van der Waals surface area contributed by atoms with Crippen LogP contribution in [0.15, 0.2) is 53.5 Å². The molecular formula is C20H29IN4O. The van der Waals surface area contributed by atoms with Crippen LogP contribution in [0.1, 0.15) is 18.1 Å². The average molecular weight is 468 g/mol. The van der Waals surface area contributed by atoms with Crippen LogP contribution >= 0.6 is 24.0 Å². The molecule has 0 amide bonds. The van der Waals surface area contributed by atoms with E-state index in [1.54, 1.807) is 7.11 Å². The van der Waals surface area contributed by atoms with Gasteiger partial charge in [-0.25, -0.2) is 4.99 Å². The predicted octanol–water partition coefficient (Wildman–Crippen LogP) is 3.63. The fourth-order valence-corrected chi connectivity index (χ4v) is 2.41. The molecule has 0 heterocycles. The Hall–Kier alpha value is -1.96. The Kier molecular flexibility index (Phi) is 9.87. The monoisotopic (exact) mass is 468 g/mol. The van der Waals surface area contributed by atoms with Gasteiger partial charge in [-0.15, -0.1) is 24.0 Å². The molecule has 0 bridgehead atoms. The summed E-state index contributed by atoms with van der Waals surface area (Å²) in [6.45, 7) is 4.22. The maximum Gasteiger partial charge on any atom is 0.191 e. The van der Waals surface area contributed by atoms with E-state index in [9.17, 15) is 0 Å². The molecule has 0 aliphatic carbocycles. The molecule has 0 aromatic heterocycles. The Bertz CT molecular complexity index is 704. The van der Waals surface area contributed by atoms with Gasteiger partial charge >= 0.3 is 0 Å². The highest BCUT2D eigenvalue weighted by atomic mass is 127. The van der Waals surface area contributed by atoms with E-state index < -0.39 is 0 Å². The zero-order valence-corrected chi connectivity index (χ0v) is 18.3. The number of nitrogens with zero attached hydrogens (tertiary/aromatic N) is 2. The minimum Gasteiger partial charge on any atom is -0.497 e. The predicted molar refractivity (Wildman–Crippen MR) is 121 cm³/mol. The number of benzene rings is 2. The van der Waals surface area contributed by atoms with Crippen molar-refractivity contribution < 1.29 is 4.74 Å². The number of methoxy groups -OCH3 is 1. The highest BCUT2D eigenvalue weighted by Gasteiger charge is 2.01. The van der Waals surface area contributed by atoms with Crippen molar-refractivity contribution in [3.05, 3.63) is 59.7 Å². The van der Waals surface area contributed by atoms with E-state index >= 15 is 0 Å². The van der Waals surface area contributed by atoms with Crippen LogP contribution in [0.25, 0.3) is 0 Å². The highest BCUT2D eigenvalue weighted by Crippen LogP contribution is 2.14. The fourth-order valence-electron chi connectivity index (χ4n) is 2.41. The number of nitrogens with one attached hydrogen (secondary N) is 2. The average Bonchev–Trinajstić information content (AvgIpc) is 2.64. The van der Waals surface area contributed by atoms with E-state index in [0.29, 0.717) is 13.1 Å². The van der Waals surface area contributed by atoms with Gasteiger partial charge in [-0.2, -0.15) is 0 Å². The SMILES string of the molecule is CCNC(=NCc1cccc(N(C)C)c1)NCc1cccc(OC)c1.I. The van der Waals surface area contributed by atoms with Crippen LogP contribution in [0, 0.1) is 0 Å². The van der Waals surface area contributed by atoms with Crippen LogP contribution in [-0.2, 0) is 13.1 Å². The van der Waals surface area contributed by atoms with Gasteiger partial charge in [0.15, 0.2) is 5.96 Å². The minimum absolute atomic E-state index is 0. The van der Waals surface area contributed by atoms with Crippen LogP contribution in [0.5, 0.6) is 5.75 Å². The highest BCUT2D eigenvalue weighted by molar-refractivity contribution is 14.0. The third-order valence-electron chi connectivity index (χ3n) is 3.79. The standard InChI is InChI=1S/C20H28N4O.HI/c1-5-21-20(23-15-17-9-7-11-19(13-17)25-4)22-14-16-8-6-10-18(12-16)24(2)3;/h6-13H,5,14-15H2,1-4H3,(H2,21,22,23);1H. The van der Waals surface area contributed by atoms with Crippen molar-refractivity contribution in [3.63, 3.8) is 0 Å². The Morgan fingerprint density at radius 3 is 2.46 bits per heavy atom. The fraction of sp³-hybridized carbons (Fsp3) is 0.350. The first-order valence-electron chi connectivity index (χ1n) is 8.53. The molecule has 142 valence electrons. The molecule has 0 saturated carbocycles. The molecule has 0 aliphatic heterocycles. The van der Waals surface area contributed by atoms with Crippen LogP contribution < -0.4 is 20.3 Å². The summed E-state index contributed by atoms with van der Waals surface area (Å²) in [5.41, 5.74) is 3.52. The van der Waals surface area contributed by atoms with Crippen LogP contribution in [0.2, 0.25) is 0 Å². The number of halogens is 1. The van der Waals surface area contributed by atoms with Crippen LogP contribution in [0.3, 0.4) is 0 Å². The van der Waals surface area contributed by atoms with Gasteiger partial charge in [0.2, 0.25) is 0 Å². The molecule has 0 saturated heterocycles. The summed E-state index contributed by atoms with van der Waals surface area (Å²) in [4.78, 5) is 6.78. The zero-order chi connectivity index (χ0) is 18.1. The van der Waals surface area contributed by atoms with E-state index in [2.05, 4.69) is 57.8 Å². The first-order chi connectivity index (χ1) is 12.1. The largest absolute Gasteiger partial charge is 0.497 e. The lowest BCUT2D eigenvalue weighted by molar-refractivity contribution is 0.414. The van der Waals surface area contributed by atoms with Crippen molar-refractivity contribution >= 4 is 35.6 Å². The quantitative estimate of drug-likeness (QED) is 0.370. The normalized spacial score (nSPS) is 10.7. The number of rotatable bonds is 7. The van der Waals surface area contributed by atoms with Gasteiger partial charge in [0.25, 0.3) is 0 Å². The second-order valence-corrected chi connectivity index (χ2v) is 5.96. The molecule has 0 aliphatic rings. The lowest BCUT2D eigenvalue weighted by atomic mass is 10.2. The van der Waals surface area contributed by atoms with Gasteiger partial charge in [0.05, 0.1) is 13.7 Å². The van der Waals surface area contributed by atoms with Crippen molar-refractivity contribution in [3.8, 4) is 5.75 Å². The summed E-state index contributed by atoms with van der Waals surface area (Å²) in [5.74, 6) is 1.67. The van der Waals surface area contributed by atoms with Crippen LogP contribution in [0.4, 0.5) is 5.69 Å². The molecule has 2 aromatic rings. The summed E-state index contributed by atoms with van der Waals surface area (Å²) >= 11 is 0. The molecule has 6 heteroatoms. The summed E-state index contributed by atoms with van der Waals surface area (Å²) in [6.07, 6.45) is 0. The third-order valence-corrected chi connectivity index (χ3v) is 3.79. The van der Waals surface area contributed by atoms with Crippen molar-refractivity contribution in [2.75, 3.05) is 32.6 Å². The summed E-state index contributed by atoms with van der Waals surface area (Å²) in [6, 6.07) is 16.5. The summed E-state index contributed by atoms with van der Waals surface area (Å²) in [7, 11) is 5.77. The molecule has 5 nitrogen and oxygen atoms in total. The van der Waals surface area contributed by atoms with Gasteiger partial charge in [-0.3, -0.25) is 0 Å². The Morgan fingerprint density at radius 1 is 1.04 bits per heavy atom. The van der Waals surface area contributed by atoms with E-state index in [1.165, 1.54) is 11.3 Å². The summed E-state index contributed by atoms with van der Waals surface area (Å²) < 4.78 is 5.27. The Labute approximate surface area is 173 Å². The van der Waals surface area contributed by atoms with Crippen molar-refractivity contribution in [1.82, 2.24) is 10.6 Å². The number of anilines is 1. The smallest absolute Gasteiger partial charge is 0.191 e. The van der Waals surface area contributed by atoms with Crippen molar-refractivity contribution in [2.45, 2.75) is 20.0 Å². The number of hydrogen-bond donors (Lipinski definition) is 2. The molecular weight excluding hydrogens is 439 g/mol. The number of ether oxygens (including phenoxy) is 1. The first kappa shape index (κ1) is 22.1. The first-order valence-corrected chi connectivity index (χ1v) is 8.53. The second-order valence-electron chi connectivity index (χ2n) is 5.96. The van der Waals surface area contributed by atoms with Gasteiger partial charge < -0.3 is 20.3 Å². The maximum absolute atomic E-state index is 5.27. The molecule has 2 aromatic carbocycles. The lowest BCUT2D eigenvalue weighted by Gasteiger charge is -2.14. The second kappa shape index (κ2) is 11.6. The van der Waals surface area contributed by atoms with E-state index in [1.807, 2.05) is 32.3 Å². The van der Waals surface area contributed by atoms with E-state index in [0.717, 1.165) is 23.8 Å². The molecule has 0 fully saturated rings. The molecule has 0 atom stereocenters. The molecule has 0 unspecified atom stereocenters. The van der Waals surface area contributed by atoms with Crippen molar-refractivity contribution in [2.24, 2.45) is 4.99 Å². The summed E-state index contributed by atoms with van der Waals surface area (Å²) in [5, 5.41) is 6.66. The molecule has 0 radical (unpaired) electrons. The molecule has 0 spiro atoms. The van der Waals surface area contributed by atoms with Gasteiger partial charge in [0, 0.05) is 32.9 Å². The molecule has 26 heavy (non-hydrogen) atoms. The minimum atomic E-state index is 0. The third kappa shape index (κ3) is 7.11. The van der Waals surface area contributed by atoms with E-state index in [4.69, 9.17) is 4.74 Å². The van der Waals surface area contributed by atoms with Gasteiger partial charge in [0.1, 0.15) is 5.75 Å².